The minimum absolute atomic E-state index is 0.325. The Morgan fingerprint density at radius 1 is 1.39 bits per heavy atom. The van der Waals surface area contributed by atoms with Crippen LogP contribution in [0.15, 0.2) is 18.2 Å². The highest BCUT2D eigenvalue weighted by Gasteiger charge is 2.50. The molecular weight excluding hydrogens is 265 g/mol. The topological polar surface area (TPSA) is 12.0 Å². The number of hydrogen-bond donors (Lipinski definition) is 1. The van der Waals surface area contributed by atoms with Crippen LogP contribution in [0.25, 0.3) is 0 Å². The smallest absolute Gasteiger partial charge is 0.0454 e. The Bertz CT molecular complexity index is 429. The summed E-state index contributed by atoms with van der Waals surface area (Å²) in [7, 11) is 0. The van der Waals surface area contributed by atoms with Gasteiger partial charge in [0.25, 0.3) is 0 Å². The van der Waals surface area contributed by atoms with Crippen LogP contribution in [-0.4, -0.2) is 6.54 Å². The highest BCUT2D eigenvalue weighted by atomic mass is 35.5. The van der Waals surface area contributed by atoms with Crippen LogP contribution in [0.1, 0.15) is 45.2 Å². The van der Waals surface area contributed by atoms with Crippen LogP contribution in [-0.2, 0) is 0 Å². The van der Waals surface area contributed by atoms with E-state index in [9.17, 15) is 0 Å². The third-order valence-electron chi connectivity index (χ3n) is 3.90. The summed E-state index contributed by atoms with van der Waals surface area (Å²) < 4.78 is 0. The highest BCUT2D eigenvalue weighted by molar-refractivity contribution is 6.33. The van der Waals surface area contributed by atoms with Crippen LogP contribution < -0.4 is 5.32 Å². The molecule has 1 aromatic carbocycles. The van der Waals surface area contributed by atoms with Gasteiger partial charge in [-0.25, -0.2) is 0 Å². The summed E-state index contributed by atoms with van der Waals surface area (Å²) in [4.78, 5) is 0. The van der Waals surface area contributed by atoms with Crippen molar-refractivity contribution in [3.63, 3.8) is 0 Å². The maximum atomic E-state index is 6.34. The molecule has 0 heterocycles. The van der Waals surface area contributed by atoms with Gasteiger partial charge >= 0.3 is 0 Å². The molecule has 3 heteroatoms. The van der Waals surface area contributed by atoms with E-state index in [1.165, 1.54) is 6.42 Å². The minimum Gasteiger partial charge on any atom is -0.310 e. The lowest BCUT2D eigenvalue weighted by Gasteiger charge is -2.22. The minimum atomic E-state index is 0.325. The molecule has 18 heavy (non-hydrogen) atoms. The van der Waals surface area contributed by atoms with E-state index >= 15 is 0 Å². The van der Waals surface area contributed by atoms with Crippen molar-refractivity contribution in [1.82, 2.24) is 5.32 Å². The second-order valence-corrected chi connectivity index (χ2v) is 6.74. The van der Waals surface area contributed by atoms with E-state index in [4.69, 9.17) is 23.2 Å². The molecule has 1 saturated carbocycles. The summed E-state index contributed by atoms with van der Waals surface area (Å²) >= 11 is 12.4. The molecule has 2 unspecified atom stereocenters. The standard InChI is InChI=1S/C15H21Cl2N/c1-4-7-18-14(12-9-15(12,2)3)11-8-10(16)5-6-13(11)17/h5-6,8,12,14,18H,4,7,9H2,1-3H3. The van der Waals surface area contributed by atoms with Gasteiger partial charge in [-0.1, -0.05) is 44.0 Å². The van der Waals surface area contributed by atoms with Crippen molar-refractivity contribution in [2.75, 3.05) is 6.54 Å². The first-order chi connectivity index (χ1) is 8.45. The van der Waals surface area contributed by atoms with Crippen LogP contribution in [0.4, 0.5) is 0 Å². The van der Waals surface area contributed by atoms with E-state index in [0.29, 0.717) is 17.4 Å². The van der Waals surface area contributed by atoms with Crippen molar-refractivity contribution in [1.29, 1.82) is 0 Å². The lowest BCUT2D eigenvalue weighted by Crippen LogP contribution is -2.25. The van der Waals surface area contributed by atoms with E-state index in [1.807, 2.05) is 18.2 Å². The van der Waals surface area contributed by atoms with Crippen molar-refractivity contribution in [3.8, 4) is 0 Å². The molecule has 0 amide bonds. The fraction of sp³-hybridized carbons (Fsp3) is 0.600. The average Bonchev–Trinajstić information content (AvgIpc) is 2.93. The van der Waals surface area contributed by atoms with Crippen LogP contribution in [0.3, 0.4) is 0 Å². The zero-order valence-corrected chi connectivity index (χ0v) is 12.8. The van der Waals surface area contributed by atoms with Gasteiger partial charge < -0.3 is 5.32 Å². The molecule has 100 valence electrons. The number of rotatable bonds is 5. The molecule has 0 aliphatic heterocycles. The van der Waals surface area contributed by atoms with E-state index in [-0.39, 0.29) is 0 Å². The van der Waals surface area contributed by atoms with Crippen molar-refractivity contribution in [3.05, 3.63) is 33.8 Å². The van der Waals surface area contributed by atoms with Gasteiger partial charge in [0.1, 0.15) is 0 Å². The van der Waals surface area contributed by atoms with E-state index < -0.39 is 0 Å². The van der Waals surface area contributed by atoms with Crippen molar-refractivity contribution in [2.24, 2.45) is 11.3 Å². The number of nitrogens with one attached hydrogen (secondary N) is 1. The SMILES string of the molecule is CCCNC(c1cc(Cl)ccc1Cl)C1CC1(C)C. The van der Waals surface area contributed by atoms with E-state index in [0.717, 1.165) is 28.6 Å². The van der Waals surface area contributed by atoms with Crippen LogP contribution in [0, 0.1) is 11.3 Å². The lowest BCUT2D eigenvalue weighted by atomic mass is 9.97. The van der Waals surface area contributed by atoms with Crippen molar-refractivity contribution >= 4 is 23.2 Å². The first-order valence-corrected chi connectivity index (χ1v) is 7.39. The maximum Gasteiger partial charge on any atom is 0.0454 e. The molecule has 1 N–H and O–H groups in total. The molecule has 1 nitrogen and oxygen atoms in total. The Labute approximate surface area is 120 Å². The molecule has 0 spiro atoms. The summed E-state index contributed by atoms with van der Waals surface area (Å²) in [5.74, 6) is 0.653. The largest absolute Gasteiger partial charge is 0.310 e. The number of hydrogen-bond acceptors (Lipinski definition) is 1. The Kier molecular flexibility index (Phi) is 4.25. The summed E-state index contributed by atoms with van der Waals surface area (Å²) in [6.07, 6.45) is 2.37. The Hall–Kier alpha value is -0.240. The van der Waals surface area contributed by atoms with E-state index in [1.54, 1.807) is 0 Å². The van der Waals surface area contributed by atoms with Gasteiger partial charge in [0.15, 0.2) is 0 Å². The van der Waals surface area contributed by atoms with Crippen molar-refractivity contribution in [2.45, 2.75) is 39.7 Å². The molecule has 2 atom stereocenters. The van der Waals surface area contributed by atoms with Gasteiger partial charge in [0.2, 0.25) is 0 Å². The monoisotopic (exact) mass is 285 g/mol. The molecule has 2 rings (SSSR count). The maximum absolute atomic E-state index is 6.34. The van der Waals surface area contributed by atoms with Gasteiger partial charge in [-0.05, 0) is 54.5 Å². The molecule has 0 saturated heterocycles. The molecule has 0 aromatic heterocycles. The van der Waals surface area contributed by atoms with Crippen molar-refractivity contribution < 1.29 is 0 Å². The molecular formula is C15H21Cl2N. The van der Waals surface area contributed by atoms with Crippen LogP contribution in [0.5, 0.6) is 0 Å². The molecule has 0 bridgehead atoms. The first kappa shape index (κ1) is 14.2. The van der Waals surface area contributed by atoms with Gasteiger partial charge in [-0.15, -0.1) is 0 Å². The second kappa shape index (κ2) is 5.40. The van der Waals surface area contributed by atoms with Gasteiger partial charge in [-0.2, -0.15) is 0 Å². The zero-order valence-electron chi connectivity index (χ0n) is 11.3. The second-order valence-electron chi connectivity index (χ2n) is 5.90. The lowest BCUT2D eigenvalue weighted by molar-refractivity contribution is 0.416. The Morgan fingerprint density at radius 2 is 2.06 bits per heavy atom. The summed E-state index contributed by atoms with van der Waals surface area (Å²) in [5.41, 5.74) is 1.56. The molecule has 0 radical (unpaired) electrons. The molecule has 1 aliphatic carbocycles. The van der Waals surface area contributed by atoms with Gasteiger partial charge in [0.05, 0.1) is 0 Å². The fourth-order valence-electron chi connectivity index (χ4n) is 2.60. The summed E-state index contributed by atoms with van der Waals surface area (Å²) in [5, 5.41) is 5.20. The number of benzene rings is 1. The van der Waals surface area contributed by atoms with Gasteiger partial charge in [0, 0.05) is 16.1 Å². The molecule has 1 aromatic rings. The van der Waals surface area contributed by atoms with Gasteiger partial charge in [-0.3, -0.25) is 0 Å². The first-order valence-electron chi connectivity index (χ1n) is 6.64. The van der Waals surface area contributed by atoms with E-state index in [2.05, 4.69) is 26.1 Å². The highest BCUT2D eigenvalue weighted by Crippen LogP contribution is 2.58. The fourth-order valence-corrected chi connectivity index (χ4v) is 3.01. The predicted molar refractivity (Wildman–Crippen MR) is 79.4 cm³/mol. The van der Waals surface area contributed by atoms with Crippen LogP contribution in [0.2, 0.25) is 10.0 Å². The Balaban J connectivity index is 2.25. The normalized spacial score (nSPS) is 22.8. The summed E-state index contributed by atoms with van der Waals surface area (Å²) in [6, 6.07) is 6.08. The zero-order chi connectivity index (χ0) is 13.3. The predicted octanol–water partition coefficient (Wildman–Crippen LogP) is 5.08. The molecule has 1 fully saturated rings. The summed E-state index contributed by atoms with van der Waals surface area (Å²) in [6.45, 7) is 7.83. The third-order valence-corrected chi connectivity index (χ3v) is 4.48. The van der Waals surface area contributed by atoms with Crippen LogP contribution >= 0.6 is 23.2 Å². The quantitative estimate of drug-likeness (QED) is 0.796. The number of halogens is 2. The molecule has 1 aliphatic rings. The Morgan fingerprint density at radius 3 is 2.61 bits per heavy atom. The third kappa shape index (κ3) is 3.01. The average molecular weight is 286 g/mol.